The van der Waals surface area contributed by atoms with Crippen LogP contribution in [0.2, 0.25) is 0 Å². The summed E-state index contributed by atoms with van der Waals surface area (Å²) in [5.41, 5.74) is 0.228. The average Bonchev–Trinajstić information content (AvgIpc) is 2.85. The molecule has 200 valence electrons. The van der Waals surface area contributed by atoms with Crippen LogP contribution < -0.4 is 4.90 Å². The second-order valence-electron chi connectivity index (χ2n) is 10.3. The number of carbonyl (C=O) groups is 2. The molecule has 2 aromatic rings. The third-order valence-electron chi connectivity index (χ3n) is 6.47. The molecule has 0 radical (unpaired) electrons. The molecule has 2 heterocycles. The molecule has 1 unspecified atom stereocenters. The number of carbonyl (C=O) groups excluding carboxylic acids is 2. The van der Waals surface area contributed by atoms with Gasteiger partial charge in [0, 0.05) is 38.8 Å². The van der Waals surface area contributed by atoms with Crippen LogP contribution in [-0.2, 0) is 22.3 Å². The van der Waals surface area contributed by atoms with E-state index in [1.54, 1.807) is 4.90 Å². The van der Waals surface area contributed by atoms with Gasteiger partial charge in [-0.25, -0.2) is 9.59 Å². The fourth-order valence-corrected chi connectivity index (χ4v) is 4.67. The molecule has 1 atom stereocenters. The quantitative estimate of drug-likeness (QED) is 0.510. The number of rotatable bonds is 3. The Balaban J connectivity index is 1.51. The molecule has 0 spiro atoms. The number of anilines is 1. The number of nitrogens with zero attached hydrogens (tertiary/aromatic N) is 3. The van der Waals surface area contributed by atoms with Gasteiger partial charge in [0.1, 0.15) is 12.2 Å². The van der Waals surface area contributed by atoms with Gasteiger partial charge in [-0.2, -0.15) is 13.2 Å². The molecule has 0 aliphatic carbocycles. The number of amides is 2. The third-order valence-corrected chi connectivity index (χ3v) is 6.47. The van der Waals surface area contributed by atoms with Crippen molar-refractivity contribution in [2.24, 2.45) is 0 Å². The van der Waals surface area contributed by atoms with Crippen LogP contribution in [0, 0.1) is 0 Å². The molecule has 37 heavy (non-hydrogen) atoms. The lowest BCUT2D eigenvalue weighted by Crippen LogP contribution is -2.52. The van der Waals surface area contributed by atoms with Gasteiger partial charge in [0.15, 0.2) is 0 Å². The number of hydrogen-bond donors (Lipinski definition) is 0. The van der Waals surface area contributed by atoms with E-state index in [2.05, 4.69) is 4.90 Å². The molecule has 0 aromatic heterocycles. The Bertz CT molecular complexity index is 1110. The van der Waals surface area contributed by atoms with Gasteiger partial charge in [-0.15, -0.1) is 0 Å². The van der Waals surface area contributed by atoms with Crippen molar-refractivity contribution in [2.45, 2.75) is 51.6 Å². The fourth-order valence-electron chi connectivity index (χ4n) is 4.67. The number of hydrogen-bond acceptors (Lipinski definition) is 5. The molecule has 2 aliphatic rings. The Morgan fingerprint density at radius 1 is 0.919 bits per heavy atom. The van der Waals surface area contributed by atoms with Crippen molar-refractivity contribution in [3.05, 3.63) is 65.2 Å². The molecule has 0 saturated carbocycles. The summed E-state index contributed by atoms with van der Waals surface area (Å²) in [6.45, 7) is 7.67. The van der Waals surface area contributed by atoms with Crippen molar-refractivity contribution in [1.82, 2.24) is 9.80 Å². The van der Waals surface area contributed by atoms with E-state index in [1.807, 2.05) is 51.1 Å². The summed E-state index contributed by atoms with van der Waals surface area (Å²) < 4.78 is 51.6. The van der Waals surface area contributed by atoms with Crippen molar-refractivity contribution in [2.75, 3.05) is 37.6 Å². The van der Waals surface area contributed by atoms with Gasteiger partial charge in [-0.3, -0.25) is 9.80 Å². The maximum Gasteiger partial charge on any atom is 0.416 e. The lowest BCUT2D eigenvalue weighted by molar-refractivity contribution is -0.137. The Morgan fingerprint density at radius 3 is 2.22 bits per heavy atom. The highest BCUT2D eigenvalue weighted by Gasteiger charge is 2.38. The van der Waals surface area contributed by atoms with Crippen LogP contribution in [0.3, 0.4) is 0 Å². The number of benzene rings is 2. The van der Waals surface area contributed by atoms with Gasteiger partial charge in [0.05, 0.1) is 11.3 Å². The summed E-state index contributed by atoms with van der Waals surface area (Å²) in [5.74, 6) is 0. The highest BCUT2D eigenvalue weighted by molar-refractivity contribution is 5.89. The summed E-state index contributed by atoms with van der Waals surface area (Å²) in [6, 6.07) is 12.5. The maximum atomic E-state index is 13.5. The highest BCUT2D eigenvalue weighted by Crippen LogP contribution is 2.41. The molecule has 1 fully saturated rings. The van der Waals surface area contributed by atoms with Crippen LogP contribution in [0.25, 0.3) is 0 Å². The molecular weight excluding hydrogens is 487 g/mol. The number of alkyl halides is 3. The van der Waals surface area contributed by atoms with Crippen molar-refractivity contribution < 1.29 is 32.2 Å². The summed E-state index contributed by atoms with van der Waals surface area (Å²) in [4.78, 5) is 30.5. The first kappa shape index (κ1) is 26.8. The van der Waals surface area contributed by atoms with Gasteiger partial charge in [0.25, 0.3) is 0 Å². The molecule has 2 amide bonds. The average molecular weight is 520 g/mol. The molecular formula is C27H32F3N3O4. The fraction of sp³-hybridized carbons (Fsp3) is 0.481. The van der Waals surface area contributed by atoms with Crippen LogP contribution in [0.15, 0.2) is 48.5 Å². The van der Waals surface area contributed by atoms with E-state index < -0.39 is 23.4 Å². The van der Waals surface area contributed by atoms with Crippen LogP contribution in [0.1, 0.15) is 49.9 Å². The summed E-state index contributed by atoms with van der Waals surface area (Å²) >= 11 is 0. The first-order valence-electron chi connectivity index (χ1n) is 12.3. The van der Waals surface area contributed by atoms with Gasteiger partial charge >= 0.3 is 18.4 Å². The molecule has 1 saturated heterocycles. The standard InChI is InChI=1S/C27H32F3N3O4/c1-26(2,3)37-24(34)32-15-13-31(14-16-32)22-11-12-33(25(35)36-18-19-7-5-4-6-8-19)23-17-20(27(28,29)30)9-10-21(22)23/h4-10,17,22H,11-16,18H2,1-3H3. The maximum absolute atomic E-state index is 13.5. The van der Waals surface area contributed by atoms with E-state index in [0.29, 0.717) is 38.2 Å². The van der Waals surface area contributed by atoms with E-state index >= 15 is 0 Å². The Kier molecular flexibility index (Phi) is 7.68. The van der Waals surface area contributed by atoms with E-state index in [4.69, 9.17) is 9.47 Å². The zero-order valence-corrected chi connectivity index (χ0v) is 21.3. The van der Waals surface area contributed by atoms with Crippen molar-refractivity contribution in [1.29, 1.82) is 0 Å². The second kappa shape index (κ2) is 10.6. The van der Waals surface area contributed by atoms with Crippen molar-refractivity contribution in [3.63, 3.8) is 0 Å². The largest absolute Gasteiger partial charge is 0.444 e. The van der Waals surface area contributed by atoms with Crippen LogP contribution in [0.5, 0.6) is 0 Å². The third kappa shape index (κ3) is 6.54. The summed E-state index contributed by atoms with van der Waals surface area (Å²) in [5, 5.41) is 0. The zero-order chi connectivity index (χ0) is 26.8. The Labute approximate surface area is 214 Å². The predicted octanol–water partition coefficient (Wildman–Crippen LogP) is 5.85. The smallest absolute Gasteiger partial charge is 0.416 e. The number of fused-ring (bicyclic) bond motifs is 1. The molecule has 0 bridgehead atoms. The van der Waals surface area contributed by atoms with Crippen molar-refractivity contribution >= 4 is 17.9 Å². The van der Waals surface area contributed by atoms with Gasteiger partial charge in [0.2, 0.25) is 0 Å². The molecule has 0 N–H and O–H groups in total. The number of ether oxygens (including phenoxy) is 2. The SMILES string of the molecule is CC(C)(C)OC(=O)N1CCN(C2CCN(C(=O)OCc3ccccc3)c3cc(C(F)(F)F)ccc32)CC1. The number of halogens is 3. The minimum atomic E-state index is -4.54. The monoisotopic (exact) mass is 519 g/mol. The number of piperazine rings is 1. The van der Waals surface area contributed by atoms with E-state index in [-0.39, 0.29) is 31.0 Å². The molecule has 10 heteroatoms. The van der Waals surface area contributed by atoms with E-state index in [0.717, 1.165) is 17.7 Å². The summed E-state index contributed by atoms with van der Waals surface area (Å²) in [7, 11) is 0. The molecule has 4 rings (SSSR count). The first-order chi connectivity index (χ1) is 17.4. The topological polar surface area (TPSA) is 62.3 Å². The Morgan fingerprint density at radius 2 is 1.59 bits per heavy atom. The van der Waals surface area contributed by atoms with E-state index in [9.17, 15) is 22.8 Å². The molecule has 2 aliphatic heterocycles. The zero-order valence-electron chi connectivity index (χ0n) is 21.3. The minimum Gasteiger partial charge on any atom is -0.444 e. The molecule has 2 aromatic carbocycles. The first-order valence-corrected chi connectivity index (χ1v) is 12.3. The summed E-state index contributed by atoms with van der Waals surface area (Å²) in [6.07, 6.45) is -5.07. The van der Waals surface area contributed by atoms with Crippen molar-refractivity contribution in [3.8, 4) is 0 Å². The van der Waals surface area contributed by atoms with Gasteiger partial charge in [-0.1, -0.05) is 36.4 Å². The highest BCUT2D eigenvalue weighted by atomic mass is 19.4. The second-order valence-corrected chi connectivity index (χ2v) is 10.3. The van der Waals surface area contributed by atoms with Crippen LogP contribution in [0.4, 0.5) is 28.4 Å². The van der Waals surface area contributed by atoms with E-state index in [1.165, 1.54) is 11.0 Å². The lowest BCUT2D eigenvalue weighted by atomic mass is 9.93. The van der Waals surface area contributed by atoms with Gasteiger partial charge in [-0.05, 0) is 50.5 Å². The predicted molar refractivity (Wildman–Crippen MR) is 132 cm³/mol. The lowest BCUT2D eigenvalue weighted by Gasteiger charge is -2.43. The molecule has 7 nitrogen and oxygen atoms in total. The van der Waals surface area contributed by atoms with Crippen LogP contribution >= 0.6 is 0 Å². The van der Waals surface area contributed by atoms with Crippen LogP contribution in [-0.4, -0.2) is 60.3 Å². The minimum absolute atomic E-state index is 0.0283. The van der Waals surface area contributed by atoms with Gasteiger partial charge < -0.3 is 14.4 Å². The normalized spacial score (nSPS) is 18.8. The Hall–Kier alpha value is -3.27.